The molecule has 0 aromatic carbocycles. The Kier molecular flexibility index (Phi) is 60.4. The van der Waals surface area contributed by atoms with Crippen LogP contribution in [0, 0.1) is 11.8 Å². The van der Waals surface area contributed by atoms with Gasteiger partial charge in [0.2, 0.25) is 0 Å². The summed E-state index contributed by atoms with van der Waals surface area (Å²) in [7, 11) is 0. The summed E-state index contributed by atoms with van der Waals surface area (Å²) >= 11 is 5.27. The second-order valence-electron chi connectivity index (χ2n) is 23.6. The van der Waals surface area contributed by atoms with Crippen molar-refractivity contribution < 1.29 is 15.7 Å². The first-order valence-corrected chi connectivity index (χ1v) is 41.2. The molecule has 73 heavy (non-hydrogen) atoms. The van der Waals surface area contributed by atoms with Gasteiger partial charge in [0.25, 0.3) is 0 Å². The summed E-state index contributed by atoms with van der Waals surface area (Å²) < 4.78 is 15.4. The number of rotatable bonds is 62. The van der Waals surface area contributed by atoms with E-state index in [2.05, 4.69) is 27.7 Å². The van der Waals surface area contributed by atoms with Gasteiger partial charge in [-0.15, -0.1) is 0 Å². The Bertz CT molecular complexity index is 1020. The molecule has 0 bridgehead atoms. The molecule has 436 valence electrons. The molecule has 0 radical (unpaired) electrons. The van der Waals surface area contributed by atoms with Crippen molar-refractivity contribution in [2.75, 3.05) is 11.5 Å². The summed E-state index contributed by atoms with van der Waals surface area (Å²) in [6.45, 7) is 9.17. The van der Waals surface area contributed by atoms with Gasteiger partial charge in [-0.1, -0.05) is 117 Å². The van der Waals surface area contributed by atoms with Crippen molar-refractivity contribution in [3.05, 3.63) is 0 Å². The molecule has 0 aromatic heterocycles. The Morgan fingerprint density at radius 2 is 0.438 bits per heavy atom. The van der Waals surface area contributed by atoms with E-state index in [0.717, 1.165) is 60.2 Å². The van der Waals surface area contributed by atoms with Crippen LogP contribution in [-0.4, -0.2) is 42.6 Å². The van der Waals surface area contributed by atoms with Crippen LogP contribution in [0.25, 0.3) is 0 Å². The smallest absolute Gasteiger partial charge is 0.0654 e. The zero-order chi connectivity index (χ0) is 53.2. The molecule has 0 spiro atoms. The molecule has 0 aliphatic carbocycles. The normalized spacial score (nSPS) is 12.7. The molecule has 2 unspecified atom stereocenters. The Hall–Kier alpha value is 0.439. The van der Waals surface area contributed by atoms with Gasteiger partial charge in [-0.25, -0.2) is 0 Å². The number of carbonyl (C=O) groups is 2. The molecule has 0 fully saturated rings. The summed E-state index contributed by atoms with van der Waals surface area (Å²) in [6, 6.07) is 0. The second-order valence-corrected chi connectivity index (χ2v) is 33.5. The third kappa shape index (κ3) is 50.4. The fourth-order valence-electron chi connectivity index (χ4n) is 11.1. The minimum atomic E-state index is -4.24. The average molecular weight is 1170 g/mol. The fraction of sp³-hybridized carbons (Fsp3) is 0.970. The molecule has 0 aliphatic heterocycles. The van der Waals surface area contributed by atoms with Crippen molar-refractivity contribution in [3.63, 3.8) is 0 Å². The van der Waals surface area contributed by atoms with Crippen molar-refractivity contribution in [1.29, 1.82) is 0 Å². The van der Waals surface area contributed by atoms with E-state index in [0.29, 0.717) is 11.5 Å². The third-order valence-electron chi connectivity index (χ3n) is 16.3. The van der Waals surface area contributed by atoms with Crippen LogP contribution in [0.1, 0.15) is 374 Å². The molecule has 0 N–H and O–H groups in total. The Morgan fingerprint density at radius 1 is 0.274 bits per heavy atom. The van der Waals surface area contributed by atoms with Crippen LogP contribution in [-0.2, 0) is 15.7 Å². The van der Waals surface area contributed by atoms with Crippen LogP contribution < -0.4 is 0 Å². The van der Waals surface area contributed by atoms with Crippen molar-refractivity contribution in [2.45, 2.75) is 383 Å². The number of unbranched alkanes of at least 4 members (excludes halogenated alkanes) is 48. The molecular weight excluding hydrogens is 1040 g/mol. The van der Waals surface area contributed by atoms with Gasteiger partial charge in [-0.05, 0) is 0 Å². The van der Waals surface area contributed by atoms with E-state index < -0.39 is 19.2 Å². The third-order valence-corrected chi connectivity index (χ3v) is 26.8. The summed E-state index contributed by atoms with van der Waals surface area (Å²) in [4.78, 5) is 28.8. The molecule has 0 aromatic rings. The maximum atomic E-state index is 14.4. The number of hydrogen-bond acceptors (Lipinski definition) is 6. The second kappa shape index (κ2) is 60.1. The van der Waals surface area contributed by atoms with Gasteiger partial charge < -0.3 is 0 Å². The molecule has 0 rings (SSSR count). The molecule has 0 amide bonds. The summed E-state index contributed by atoms with van der Waals surface area (Å²) in [5, 5.41) is 0. The number of carbonyl (C=O) groups excluding carboxylic acids is 2. The summed E-state index contributed by atoms with van der Waals surface area (Å²) in [5.41, 5.74) is 0. The van der Waals surface area contributed by atoms with E-state index in [4.69, 9.17) is 31.4 Å². The van der Waals surface area contributed by atoms with E-state index in [-0.39, 0.29) is 23.8 Å². The molecule has 2 atom stereocenters. The van der Waals surface area contributed by atoms with E-state index >= 15 is 0 Å². The van der Waals surface area contributed by atoms with E-state index in [1.54, 1.807) is 0 Å². The average Bonchev–Trinajstić information content (AvgIpc) is 3.39. The minimum Gasteiger partial charge on any atom is -0.0654 e. The molecule has 0 aliphatic rings. The molecule has 4 nitrogen and oxygen atoms in total. The van der Waals surface area contributed by atoms with Gasteiger partial charge in [-0.2, -0.15) is 0 Å². The Labute approximate surface area is 475 Å². The minimum absolute atomic E-state index is 0.112. The zero-order valence-electron chi connectivity index (χ0n) is 50.2. The quantitative estimate of drug-likeness (QED) is 0.0362. The summed E-state index contributed by atoms with van der Waals surface area (Å²) in [5.74, 6) is 0.329. The number of hydrogen-bond donors (Lipinski definition) is 2. The standard InChI is InChI=1S/2C21H42O2S.2C12H25.Sn/c2*1-2-3-4-5-6-7-8-9-10-11-12-13-14-15-16-17-18-20(19-24)21(22)23;2*1-3-5-7-9-11-12-10-8-6-4-2;/h2*20,24H,2-19H2,1H3,(H,22,23);2*1,3-12H2,2H3;/q;;;;+2/p-2. The predicted octanol–water partition coefficient (Wildman–Crippen LogP) is 23.8. The maximum absolute atomic E-state index is 14.4. The molecular formula is C66H132O4S2Sn. The van der Waals surface area contributed by atoms with E-state index in [1.807, 2.05) is 0 Å². The van der Waals surface area contributed by atoms with Crippen LogP contribution in [0.5, 0.6) is 0 Å². The van der Waals surface area contributed by atoms with Crippen LogP contribution >= 0.6 is 25.3 Å². The zero-order valence-corrected chi connectivity index (χ0v) is 54.8. The van der Waals surface area contributed by atoms with Crippen LogP contribution in [0.3, 0.4) is 0 Å². The van der Waals surface area contributed by atoms with Gasteiger partial charge in [0, 0.05) is 0 Å². The fourth-order valence-corrected chi connectivity index (χ4v) is 21.3. The van der Waals surface area contributed by atoms with E-state index in [9.17, 15) is 9.59 Å². The van der Waals surface area contributed by atoms with Crippen LogP contribution in [0.2, 0.25) is 8.87 Å². The van der Waals surface area contributed by atoms with Crippen molar-refractivity contribution in [2.24, 2.45) is 11.8 Å². The van der Waals surface area contributed by atoms with E-state index in [1.165, 1.54) is 295 Å². The first kappa shape index (κ1) is 73.4. The van der Waals surface area contributed by atoms with Gasteiger partial charge in [0.15, 0.2) is 0 Å². The Balaban J connectivity index is 5.44. The first-order chi connectivity index (χ1) is 35.9. The van der Waals surface area contributed by atoms with Crippen molar-refractivity contribution in [1.82, 2.24) is 0 Å². The monoisotopic (exact) mass is 1170 g/mol. The topological polar surface area (TPSA) is 52.6 Å². The van der Waals surface area contributed by atoms with Crippen molar-refractivity contribution in [3.8, 4) is 0 Å². The SMILES string of the molecule is CCCCCCCCCCCCCCCCCCC(CS)C(=O)[O][Sn]([CH2]CCCCCCCCCCC)([CH2]CCCCCCCCCCC)[O]C(=O)C(CS)CCCCCCCCCCCCCCCCCC. The van der Waals surface area contributed by atoms with Crippen molar-refractivity contribution >= 4 is 56.4 Å². The molecule has 7 heteroatoms. The molecule has 0 saturated heterocycles. The molecule has 0 saturated carbocycles. The van der Waals surface area contributed by atoms with Crippen LogP contribution in [0.15, 0.2) is 0 Å². The predicted molar refractivity (Wildman–Crippen MR) is 334 cm³/mol. The van der Waals surface area contributed by atoms with Gasteiger partial charge >= 0.3 is 362 Å². The Morgan fingerprint density at radius 3 is 0.616 bits per heavy atom. The van der Waals surface area contributed by atoms with Crippen LogP contribution in [0.4, 0.5) is 0 Å². The van der Waals surface area contributed by atoms with Gasteiger partial charge in [0.1, 0.15) is 0 Å². The first-order valence-electron chi connectivity index (χ1n) is 33.6. The number of thiol groups is 2. The van der Waals surface area contributed by atoms with Gasteiger partial charge in [-0.3, -0.25) is 0 Å². The summed E-state index contributed by atoms with van der Waals surface area (Å²) in [6.07, 6.45) is 69.9. The van der Waals surface area contributed by atoms with Gasteiger partial charge in [0.05, 0.1) is 0 Å². The molecule has 0 heterocycles.